The lowest BCUT2D eigenvalue weighted by Crippen LogP contribution is -2.45. The van der Waals surface area contributed by atoms with Crippen LogP contribution in [0.15, 0.2) is 24.3 Å². The first-order valence-electron chi connectivity index (χ1n) is 7.47. The van der Waals surface area contributed by atoms with Crippen molar-refractivity contribution in [3.8, 4) is 5.75 Å². The summed E-state index contributed by atoms with van der Waals surface area (Å²) in [6, 6.07) is 7.74. The summed E-state index contributed by atoms with van der Waals surface area (Å²) in [7, 11) is 1.64. The molecule has 0 saturated carbocycles. The molecule has 0 saturated heterocycles. The molecule has 1 N–H and O–H groups in total. The third kappa shape index (κ3) is 7.87. The number of rotatable bonds is 7. The summed E-state index contributed by atoms with van der Waals surface area (Å²) in [5.74, 6) is 0.817. The zero-order chi connectivity index (χ0) is 17.5. The molecule has 1 aromatic carbocycles. The van der Waals surface area contributed by atoms with Gasteiger partial charge in [0.25, 0.3) is 0 Å². The van der Waals surface area contributed by atoms with Crippen molar-refractivity contribution >= 4 is 28.7 Å². The summed E-state index contributed by atoms with van der Waals surface area (Å²) in [6.07, 6.45) is -0.429. The number of nitrogens with one attached hydrogen (secondary N) is 1. The third-order valence-corrected chi connectivity index (χ3v) is 4.65. The highest BCUT2D eigenvalue weighted by Gasteiger charge is 2.26. The lowest BCUT2D eigenvalue weighted by atomic mass is 10.1. The van der Waals surface area contributed by atoms with Crippen molar-refractivity contribution in [3.63, 3.8) is 0 Å². The maximum Gasteiger partial charge on any atom is 0.407 e. The van der Waals surface area contributed by atoms with Crippen LogP contribution < -0.4 is 10.1 Å². The molecule has 0 aromatic heterocycles. The highest BCUT2D eigenvalue weighted by atomic mass is 127. The number of alkyl carbamates (subject to hydrolysis) is 1. The van der Waals surface area contributed by atoms with Gasteiger partial charge in [0.15, 0.2) is 0 Å². The van der Waals surface area contributed by atoms with Crippen LogP contribution >= 0.6 is 22.6 Å². The number of alkyl halides is 1. The van der Waals surface area contributed by atoms with Gasteiger partial charge in [0.05, 0.1) is 25.9 Å². The van der Waals surface area contributed by atoms with Crippen LogP contribution in [0.5, 0.6) is 5.75 Å². The van der Waals surface area contributed by atoms with Crippen molar-refractivity contribution in [1.29, 1.82) is 0 Å². The van der Waals surface area contributed by atoms with Gasteiger partial charge >= 0.3 is 6.09 Å². The fourth-order valence-electron chi connectivity index (χ4n) is 1.69. The van der Waals surface area contributed by atoms with E-state index in [1.54, 1.807) is 7.11 Å². The molecule has 0 aliphatic heterocycles. The van der Waals surface area contributed by atoms with Crippen LogP contribution in [0.2, 0.25) is 0 Å². The molecule has 0 aliphatic carbocycles. The smallest absolute Gasteiger partial charge is 0.407 e. The molecule has 6 heteroatoms. The normalized spacial score (nSPS) is 14.0. The van der Waals surface area contributed by atoms with Gasteiger partial charge in [-0.05, 0) is 45.4 Å². The van der Waals surface area contributed by atoms with Crippen molar-refractivity contribution in [2.45, 2.75) is 45.5 Å². The van der Waals surface area contributed by atoms with Gasteiger partial charge in [-0.3, -0.25) is 0 Å². The highest BCUT2D eigenvalue weighted by Crippen LogP contribution is 2.18. The summed E-state index contributed by atoms with van der Waals surface area (Å²) in [4.78, 5) is 11.8. The lowest BCUT2D eigenvalue weighted by molar-refractivity contribution is -0.0246. The van der Waals surface area contributed by atoms with Gasteiger partial charge in [-0.1, -0.05) is 34.7 Å². The zero-order valence-corrected chi connectivity index (χ0v) is 16.6. The first-order valence-corrected chi connectivity index (χ1v) is 9.00. The Morgan fingerprint density at radius 2 is 1.78 bits per heavy atom. The number of ether oxygens (including phenoxy) is 3. The molecule has 1 amide bonds. The molecule has 0 radical (unpaired) electrons. The Morgan fingerprint density at radius 1 is 1.17 bits per heavy atom. The van der Waals surface area contributed by atoms with E-state index in [4.69, 9.17) is 14.2 Å². The van der Waals surface area contributed by atoms with E-state index >= 15 is 0 Å². The maximum atomic E-state index is 11.8. The predicted molar refractivity (Wildman–Crippen MR) is 99.3 cm³/mol. The van der Waals surface area contributed by atoms with Crippen molar-refractivity contribution in [3.05, 3.63) is 29.8 Å². The minimum Gasteiger partial charge on any atom is -0.497 e. The average Bonchev–Trinajstić information content (AvgIpc) is 2.50. The quantitative estimate of drug-likeness (QED) is 0.521. The van der Waals surface area contributed by atoms with E-state index in [1.165, 1.54) is 0 Å². The van der Waals surface area contributed by atoms with Gasteiger partial charge in [-0.15, -0.1) is 0 Å². The number of methoxy groups -OCH3 is 1. The van der Waals surface area contributed by atoms with Crippen LogP contribution in [0.3, 0.4) is 0 Å². The Hall–Kier alpha value is -1.02. The Bertz CT molecular complexity index is 498. The van der Waals surface area contributed by atoms with Crippen LogP contribution in [0.25, 0.3) is 0 Å². The molecule has 23 heavy (non-hydrogen) atoms. The summed E-state index contributed by atoms with van der Waals surface area (Å²) < 4.78 is 17.1. The summed E-state index contributed by atoms with van der Waals surface area (Å²) in [6.45, 7) is 8.35. The van der Waals surface area contributed by atoms with Gasteiger partial charge in [0.2, 0.25) is 0 Å². The van der Waals surface area contributed by atoms with Gasteiger partial charge in [0.1, 0.15) is 11.4 Å². The molecule has 0 heterocycles. The van der Waals surface area contributed by atoms with Gasteiger partial charge in [0, 0.05) is 4.43 Å². The highest BCUT2D eigenvalue weighted by molar-refractivity contribution is 14.1. The standard InChI is InChI=1S/C17H26INO4/c1-16(2,3)23-15(20)19-12-17(4,11-18)22-10-13-6-8-14(21-5)9-7-13/h6-9H,10-12H2,1-5H3,(H,19,20). The molecule has 0 bridgehead atoms. The Balaban J connectivity index is 2.51. The molecule has 0 spiro atoms. The molecule has 0 fully saturated rings. The van der Waals surface area contributed by atoms with Gasteiger partial charge in [-0.2, -0.15) is 0 Å². The van der Waals surface area contributed by atoms with Crippen LogP contribution in [0.4, 0.5) is 4.79 Å². The molecule has 5 nitrogen and oxygen atoms in total. The molecule has 0 aliphatic rings. The number of carbonyl (C=O) groups is 1. The lowest BCUT2D eigenvalue weighted by Gasteiger charge is -2.29. The van der Waals surface area contributed by atoms with Crippen LogP contribution in [0, 0.1) is 0 Å². The Kier molecular flexibility index (Phi) is 7.60. The number of benzene rings is 1. The van der Waals surface area contributed by atoms with Gasteiger partial charge < -0.3 is 19.5 Å². The second kappa shape index (κ2) is 8.73. The van der Waals surface area contributed by atoms with E-state index in [0.29, 0.717) is 13.2 Å². The fourth-order valence-corrected chi connectivity index (χ4v) is 2.18. The van der Waals surface area contributed by atoms with E-state index in [9.17, 15) is 4.79 Å². The van der Waals surface area contributed by atoms with Crippen molar-refractivity contribution < 1.29 is 19.0 Å². The molecule has 1 rings (SSSR count). The van der Waals surface area contributed by atoms with E-state index in [1.807, 2.05) is 52.0 Å². The SMILES string of the molecule is COc1ccc(COC(C)(CI)CNC(=O)OC(C)(C)C)cc1. The predicted octanol–water partition coefficient (Wildman–Crippen LogP) is 3.93. The number of carbonyl (C=O) groups excluding carboxylic acids is 1. The summed E-state index contributed by atoms with van der Waals surface area (Å²) in [5, 5.41) is 2.77. The number of halogens is 1. The van der Waals surface area contributed by atoms with E-state index < -0.39 is 17.3 Å². The number of hydrogen-bond donors (Lipinski definition) is 1. The third-order valence-electron chi connectivity index (χ3n) is 3.03. The van der Waals surface area contributed by atoms with Crippen LogP contribution in [-0.2, 0) is 16.1 Å². The summed E-state index contributed by atoms with van der Waals surface area (Å²) >= 11 is 2.26. The van der Waals surface area contributed by atoms with E-state index in [0.717, 1.165) is 15.7 Å². The minimum absolute atomic E-state index is 0.390. The molecule has 1 atom stereocenters. The van der Waals surface area contributed by atoms with Crippen molar-refractivity contribution in [2.24, 2.45) is 0 Å². The molecule has 130 valence electrons. The Labute approximate surface area is 152 Å². The van der Waals surface area contributed by atoms with Crippen LogP contribution in [-0.4, -0.2) is 35.4 Å². The second-order valence-corrected chi connectivity index (χ2v) is 7.34. The molecule has 1 aromatic rings. The topological polar surface area (TPSA) is 56.8 Å². The average molecular weight is 435 g/mol. The minimum atomic E-state index is -0.505. The summed E-state index contributed by atoms with van der Waals surface area (Å²) in [5.41, 5.74) is 0.0886. The molecule has 1 unspecified atom stereocenters. The number of amides is 1. The molecular formula is C17H26INO4. The first kappa shape index (κ1) is 20.0. The second-order valence-electron chi connectivity index (χ2n) is 6.58. The van der Waals surface area contributed by atoms with Crippen molar-refractivity contribution in [2.75, 3.05) is 18.1 Å². The van der Waals surface area contributed by atoms with E-state index in [2.05, 4.69) is 27.9 Å². The Morgan fingerprint density at radius 3 is 2.26 bits per heavy atom. The largest absolute Gasteiger partial charge is 0.497 e. The monoisotopic (exact) mass is 435 g/mol. The number of hydrogen-bond acceptors (Lipinski definition) is 4. The molecular weight excluding hydrogens is 409 g/mol. The van der Waals surface area contributed by atoms with E-state index in [-0.39, 0.29) is 0 Å². The first-order chi connectivity index (χ1) is 10.7. The van der Waals surface area contributed by atoms with Crippen molar-refractivity contribution in [1.82, 2.24) is 5.32 Å². The maximum absolute atomic E-state index is 11.8. The fraction of sp³-hybridized carbons (Fsp3) is 0.588. The zero-order valence-electron chi connectivity index (χ0n) is 14.4. The van der Waals surface area contributed by atoms with Gasteiger partial charge in [-0.25, -0.2) is 4.79 Å². The van der Waals surface area contributed by atoms with Crippen LogP contribution in [0.1, 0.15) is 33.3 Å².